The highest BCUT2D eigenvalue weighted by Gasteiger charge is 2.27. The SMILES string of the molecule is CCC[N+](CCC)(CCNC)CC(C)CN=C(N)N. The van der Waals surface area contributed by atoms with E-state index in [1.54, 1.807) is 0 Å². The minimum atomic E-state index is 0.200. The Hall–Kier alpha value is -0.810. The van der Waals surface area contributed by atoms with Gasteiger partial charge < -0.3 is 21.3 Å². The molecule has 0 heterocycles. The molecule has 0 aliphatic rings. The summed E-state index contributed by atoms with van der Waals surface area (Å²) in [6, 6.07) is 0. The molecule has 0 saturated carbocycles. The van der Waals surface area contributed by atoms with Crippen molar-refractivity contribution in [2.24, 2.45) is 22.4 Å². The first-order valence-corrected chi connectivity index (χ1v) is 7.54. The largest absolute Gasteiger partial charge is 0.370 e. The second kappa shape index (κ2) is 10.0. The molecule has 5 heteroatoms. The monoisotopic (exact) mass is 272 g/mol. The molecule has 1 atom stereocenters. The molecule has 19 heavy (non-hydrogen) atoms. The fourth-order valence-electron chi connectivity index (χ4n) is 2.89. The van der Waals surface area contributed by atoms with Crippen molar-refractivity contribution in [2.45, 2.75) is 33.6 Å². The molecule has 0 radical (unpaired) electrons. The van der Waals surface area contributed by atoms with Crippen molar-refractivity contribution in [1.29, 1.82) is 0 Å². The number of nitrogens with two attached hydrogens (primary N) is 2. The van der Waals surface area contributed by atoms with Crippen molar-refractivity contribution in [2.75, 3.05) is 46.3 Å². The minimum absolute atomic E-state index is 0.200. The number of hydrogen-bond acceptors (Lipinski definition) is 2. The first kappa shape index (κ1) is 18.2. The first-order chi connectivity index (χ1) is 8.99. The lowest BCUT2D eigenvalue weighted by molar-refractivity contribution is -0.930. The topological polar surface area (TPSA) is 76.4 Å². The normalized spacial score (nSPS) is 13.3. The average Bonchev–Trinajstić information content (AvgIpc) is 2.34. The lowest BCUT2D eigenvalue weighted by Gasteiger charge is -2.40. The zero-order valence-electron chi connectivity index (χ0n) is 13.3. The average molecular weight is 272 g/mol. The molecule has 0 aliphatic heterocycles. The standard InChI is InChI=1S/C14H34N5/c1-5-8-19(9-6-2,10-7-17-4)12-13(3)11-18-14(15)16/h13,17H,5-12H2,1-4H3,(H4,15,16,18)/q+1. The summed E-state index contributed by atoms with van der Waals surface area (Å²) in [5.74, 6) is 0.711. The van der Waals surface area contributed by atoms with Crippen LogP contribution in [0.5, 0.6) is 0 Å². The van der Waals surface area contributed by atoms with Crippen LogP contribution < -0.4 is 16.8 Å². The molecule has 114 valence electrons. The highest BCUT2D eigenvalue weighted by molar-refractivity contribution is 5.75. The van der Waals surface area contributed by atoms with E-state index < -0.39 is 0 Å². The number of guanidine groups is 1. The molecule has 5 N–H and O–H groups in total. The van der Waals surface area contributed by atoms with Crippen molar-refractivity contribution in [3.05, 3.63) is 0 Å². The smallest absolute Gasteiger partial charge is 0.185 e. The predicted octanol–water partition coefficient (Wildman–Crippen LogP) is 0.752. The molecule has 0 aromatic rings. The van der Waals surface area contributed by atoms with Gasteiger partial charge in [-0.25, -0.2) is 0 Å². The Morgan fingerprint density at radius 2 is 1.74 bits per heavy atom. The lowest BCUT2D eigenvalue weighted by atomic mass is 10.1. The summed E-state index contributed by atoms with van der Waals surface area (Å²) in [5, 5.41) is 3.28. The van der Waals surface area contributed by atoms with E-state index in [-0.39, 0.29) is 5.96 Å². The summed E-state index contributed by atoms with van der Waals surface area (Å²) in [6.07, 6.45) is 2.44. The van der Waals surface area contributed by atoms with Crippen LogP contribution in [0.15, 0.2) is 4.99 Å². The van der Waals surface area contributed by atoms with E-state index in [0.717, 1.165) is 19.6 Å². The van der Waals surface area contributed by atoms with E-state index in [4.69, 9.17) is 11.5 Å². The Morgan fingerprint density at radius 3 is 2.16 bits per heavy atom. The van der Waals surface area contributed by atoms with Gasteiger partial charge in [0.25, 0.3) is 0 Å². The molecule has 0 spiro atoms. The molecular formula is C14H34N5+. The minimum Gasteiger partial charge on any atom is -0.370 e. The van der Waals surface area contributed by atoms with Crippen LogP contribution in [0.4, 0.5) is 0 Å². The van der Waals surface area contributed by atoms with Crippen molar-refractivity contribution >= 4 is 5.96 Å². The molecule has 0 bridgehead atoms. The molecule has 5 nitrogen and oxygen atoms in total. The molecule has 1 unspecified atom stereocenters. The van der Waals surface area contributed by atoms with Gasteiger partial charge in [-0.05, 0) is 19.9 Å². The maximum Gasteiger partial charge on any atom is 0.185 e. The predicted molar refractivity (Wildman–Crippen MR) is 84.1 cm³/mol. The number of quaternary nitrogens is 1. The van der Waals surface area contributed by atoms with E-state index in [9.17, 15) is 0 Å². The van der Waals surface area contributed by atoms with Gasteiger partial charge in [0.05, 0.1) is 32.7 Å². The first-order valence-electron chi connectivity index (χ1n) is 7.54. The van der Waals surface area contributed by atoms with Gasteiger partial charge >= 0.3 is 0 Å². The van der Waals surface area contributed by atoms with Gasteiger partial charge in [0.2, 0.25) is 0 Å². The Balaban J connectivity index is 4.63. The quantitative estimate of drug-likeness (QED) is 0.295. The Kier molecular flexibility index (Phi) is 9.61. The maximum atomic E-state index is 5.41. The summed E-state index contributed by atoms with van der Waals surface area (Å²) in [7, 11) is 2.02. The second-order valence-corrected chi connectivity index (χ2v) is 5.67. The van der Waals surface area contributed by atoms with E-state index >= 15 is 0 Å². The van der Waals surface area contributed by atoms with Crippen molar-refractivity contribution < 1.29 is 4.48 Å². The lowest BCUT2D eigenvalue weighted by Crippen LogP contribution is -2.54. The van der Waals surface area contributed by atoms with E-state index in [2.05, 4.69) is 31.1 Å². The Bertz CT molecular complexity index is 242. The van der Waals surface area contributed by atoms with E-state index in [1.165, 1.54) is 37.0 Å². The second-order valence-electron chi connectivity index (χ2n) is 5.67. The number of nitrogens with zero attached hydrogens (tertiary/aromatic N) is 2. The van der Waals surface area contributed by atoms with Crippen LogP contribution in [-0.4, -0.2) is 56.8 Å². The molecule has 0 aliphatic carbocycles. The Labute approximate surface area is 119 Å². The summed E-state index contributed by atoms with van der Waals surface area (Å²) in [5.41, 5.74) is 10.8. The summed E-state index contributed by atoms with van der Waals surface area (Å²) >= 11 is 0. The van der Waals surface area contributed by atoms with Crippen LogP contribution >= 0.6 is 0 Å². The summed E-state index contributed by atoms with van der Waals surface area (Å²) in [4.78, 5) is 4.16. The van der Waals surface area contributed by atoms with Crippen LogP contribution in [0.25, 0.3) is 0 Å². The maximum absolute atomic E-state index is 5.41. The van der Waals surface area contributed by atoms with Crippen molar-refractivity contribution in [3.8, 4) is 0 Å². The molecule has 0 fully saturated rings. The van der Waals surface area contributed by atoms with Gasteiger partial charge in [0.1, 0.15) is 0 Å². The number of nitrogens with one attached hydrogen (secondary N) is 1. The fourth-order valence-corrected chi connectivity index (χ4v) is 2.89. The van der Waals surface area contributed by atoms with Crippen LogP contribution in [0.2, 0.25) is 0 Å². The van der Waals surface area contributed by atoms with Crippen LogP contribution in [0.3, 0.4) is 0 Å². The van der Waals surface area contributed by atoms with Gasteiger partial charge in [-0.3, -0.25) is 4.99 Å². The van der Waals surface area contributed by atoms with Crippen LogP contribution in [0, 0.1) is 5.92 Å². The summed E-state index contributed by atoms with van der Waals surface area (Å²) < 4.78 is 1.18. The zero-order chi connectivity index (χ0) is 14.7. The molecule has 0 rings (SSSR count). The van der Waals surface area contributed by atoms with E-state index in [1.807, 2.05) is 7.05 Å². The van der Waals surface area contributed by atoms with Crippen molar-refractivity contribution in [1.82, 2.24) is 5.32 Å². The molecular weight excluding hydrogens is 238 g/mol. The molecule has 0 aromatic carbocycles. The third-order valence-corrected chi connectivity index (χ3v) is 3.52. The number of rotatable bonds is 11. The van der Waals surface area contributed by atoms with Gasteiger partial charge in [-0.1, -0.05) is 20.8 Å². The van der Waals surface area contributed by atoms with Gasteiger partial charge in [-0.2, -0.15) is 0 Å². The fraction of sp³-hybridized carbons (Fsp3) is 0.929. The molecule has 0 amide bonds. The Morgan fingerprint density at radius 1 is 1.16 bits per heavy atom. The van der Waals surface area contributed by atoms with Crippen molar-refractivity contribution in [3.63, 3.8) is 0 Å². The van der Waals surface area contributed by atoms with Gasteiger partial charge in [0, 0.05) is 12.5 Å². The highest BCUT2D eigenvalue weighted by atomic mass is 15.4. The highest BCUT2D eigenvalue weighted by Crippen LogP contribution is 2.14. The molecule has 0 aromatic heterocycles. The number of likely N-dealkylation sites (N-methyl/N-ethyl adjacent to an activating group) is 1. The third-order valence-electron chi connectivity index (χ3n) is 3.52. The zero-order valence-corrected chi connectivity index (χ0v) is 13.3. The summed E-state index contributed by atoms with van der Waals surface area (Å²) in [6.45, 7) is 13.4. The van der Waals surface area contributed by atoms with E-state index in [0.29, 0.717) is 5.92 Å². The van der Waals surface area contributed by atoms with Crippen LogP contribution in [-0.2, 0) is 0 Å². The third kappa shape index (κ3) is 8.06. The van der Waals surface area contributed by atoms with Gasteiger partial charge in [0.15, 0.2) is 5.96 Å². The van der Waals surface area contributed by atoms with Gasteiger partial charge in [-0.15, -0.1) is 0 Å². The van der Waals surface area contributed by atoms with Crippen LogP contribution in [0.1, 0.15) is 33.6 Å². The number of aliphatic imine (C=N–C) groups is 1. The number of hydrogen-bond donors (Lipinski definition) is 3. The molecule has 0 saturated heterocycles.